The van der Waals surface area contributed by atoms with Crippen LogP contribution in [0.25, 0.3) is 0 Å². The predicted octanol–water partition coefficient (Wildman–Crippen LogP) is 2.81. The van der Waals surface area contributed by atoms with Gasteiger partial charge in [0.1, 0.15) is 5.75 Å². The second-order valence-electron chi connectivity index (χ2n) is 4.39. The third-order valence-electron chi connectivity index (χ3n) is 2.78. The van der Waals surface area contributed by atoms with Gasteiger partial charge in [0.05, 0.1) is 10.6 Å². The summed E-state index contributed by atoms with van der Waals surface area (Å²) < 4.78 is 26.9. The number of aromatic hydroxyl groups is 1. The number of rotatable bonds is 3. The Morgan fingerprint density at radius 1 is 1.05 bits per heavy atom. The minimum absolute atomic E-state index is 0.0860. The van der Waals surface area contributed by atoms with Crippen LogP contribution in [-0.4, -0.2) is 13.5 Å². The molecule has 0 bridgehead atoms. The van der Waals surface area contributed by atoms with Gasteiger partial charge in [-0.05, 0) is 43.2 Å². The summed E-state index contributed by atoms with van der Waals surface area (Å²) >= 11 is 0. The van der Waals surface area contributed by atoms with Gasteiger partial charge in [0, 0.05) is 0 Å². The third kappa shape index (κ3) is 2.88. The van der Waals surface area contributed by atoms with Crippen LogP contribution in [0.5, 0.6) is 5.75 Å². The zero-order chi connectivity index (χ0) is 14.0. The van der Waals surface area contributed by atoms with Gasteiger partial charge in [0.25, 0.3) is 10.0 Å². The molecule has 100 valence electrons. The highest BCUT2D eigenvalue weighted by Crippen LogP contribution is 2.27. The fourth-order valence-corrected chi connectivity index (χ4v) is 3.11. The molecule has 19 heavy (non-hydrogen) atoms. The smallest absolute Gasteiger partial charge is 0.262 e. The van der Waals surface area contributed by atoms with Crippen LogP contribution in [0.4, 0.5) is 5.69 Å². The molecular formula is C14H15NO3S. The Kier molecular flexibility index (Phi) is 3.48. The van der Waals surface area contributed by atoms with Crippen LogP contribution >= 0.6 is 0 Å². The topological polar surface area (TPSA) is 66.4 Å². The molecule has 0 saturated carbocycles. The molecule has 0 atom stereocenters. The van der Waals surface area contributed by atoms with E-state index >= 15 is 0 Å². The average Bonchev–Trinajstić information content (AvgIpc) is 2.33. The summed E-state index contributed by atoms with van der Waals surface area (Å²) in [4.78, 5) is 0.204. The highest BCUT2D eigenvalue weighted by Gasteiger charge is 2.17. The van der Waals surface area contributed by atoms with Gasteiger partial charge < -0.3 is 5.11 Å². The molecule has 0 spiro atoms. The van der Waals surface area contributed by atoms with Crippen molar-refractivity contribution in [2.24, 2.45) is 0 Å². The lowest BCUT2D eigenvalue weighted by Crippen LogP contribution is -2.14. The molecular weight excluding hydrogens is 262 g/mol. The van der Waals surface area contributed by atoms with Crippen LogP contribution < -0.4 is 4.72 Å². The Balaban J connectivity index is 2.40. The first kappa shape index (κ1) is 13.4. The van der Waals surface area contributed by atoms with E-state index in [0.717, 1.165) is 5.56 Å². The monoisotopic (exact) mass is 277 g/mol. The number of aryl methyl sites for hydroxylation is 2. The van der Waals surface area contributed by atoms with Gasteiger partial charge in [-0.2, -0.15) is 0 Å². The summed E-state index contributed by atoms with van der Waals surface area (Å²) in [6, 6.07) is 11.5. The molecule has 2 N–H and O–H groups in total. The van der Waals surface area contributed by atoms with Gasteiger partial charge in [-0.25, -0.2) is 8.42 Å². The maximum atomic E-state index is 12.2. The molecule has 2 aromatic rings. The molecule has 0 radical (unpaired) electrons. The molecule has 0 fully saturated rings. The van der Waals surface area contributed by atoms with Crippen LogP contribution in [0.1, 0.15) is 11.1 Å². The number of benzene rings is 2. The van der Waals surface area contributed by atoms with E-state index < -0.39 is 10.0 Å². The number of hydrogen-bond donors (Lipinski definition) is 2. The van der Waals surface area contributed by atoms with Crippen LogP contribution in [0.2, 0.25) is 0 Å². The van der Waals surface area contributed by atoms with Crippen LogP contribution in [0.3, 0.4) is 0 Å². The quantitative estimate of drug-likeness (QED) is 0.848. The molecule has 2 aromatic carbocycles. The minimum Gasteiger partial charge on any atom is -0.506 e. The maximum Gasteiger partial charge on any atom is 0.262 e. The highest BCUT2D eigenvalue weighted by atomic mass is 32.2. The normalized spacial score (nSPS) is 11.3. The zero-order valence-corrected chi connectivity index (χ0v) is 11.5. The fraction of sp³-hybridized carbons (Fsp3) is 0.143. The van der Waals surface area contributed by atoms with E-state index in [1.54, 1.807) is 37.3 Å². The standard InChI is InChI=1S/C14H15NO3S/c1-10-7-8-12(13(16)9-10)15-19(17,18)14-6-4-3-5-11(14)2/h3-9,15-16H,1-2H3. The fourth-order valence-electron chi connectivity index (χ4n) is 1.79. The summed E-state index contributed by atoms with van der Waals surface area (Å²) in [5.41, 5.74) is 1.69. The predicted molar refractivity (Wildman–Crippen MR) is 74.8 cm³/mol. The number of nitrogens with one attached hydrogen (secondary N) is 1. The second-order valence-corrected chi connectivity index (χ2v) is 6.04. The average molecular weight is 277 g/mol. The third-order valence-corrected chi connectivity index (χ3v) is 4.31. The number of hydrogen-bond acceptors (Lipinski definition) is 3. The molecule has 0 amide bonds. The summed E-state index contributed by atoms with van der Waals surface area (Å²) in [6.45, 7) is 3.54. The Hall–Kier alpha value is -2.01. The van der Waals surface area contributed by atoms with E-state index in [0.29, 0.717) is 5.56 Å². The van der Waals surface area contributed by atoms with Crippen molar-refractivity contribution >= 4 is 15.7 Å². The molecule has 0 aliphatic heterocycles. The molecule has 0 saturated heterocycles. The molecule has 2 rings (SSSR count). The van der Waals surface area contributed by atoms with Crippen molar-refractivity contribution in [1.29, 1.82) is 0 Å². The first-order valence-corrected chi connectivity index (χ1v) is 7.26. The van der Waals surface area contributed by atoms with Crippen molar-refractivity contribution in [2.75, 3.05) is 4.72 Å². The Bertz CT molecular complexity index is 708. The minimum atomic E-state index is -3.69. The highest BCUT2D eigenvalue weighted by molar-refractivity contribution is 7.92. The SMILES string of the molecule is Cc1ccc(NS(=O)(=O)c2ccccc2C)c(O)c1. The molecule has 4 nitrogen and oxygen atoms in total. The zero-order valence-electron chi connectivity index (χ0n) is 10.7. The number of anilines is 1. The Morgan fingerprint density at radius 2 is 1.74 bits per heavy atom. The van der Waals surface area contributed by atoms with Gasteiger partial charge in [0.15, 0.2) is 0 Å². The van der Waals surface area contributed by atoms with E-state index in [1.807, 2.05) is 6.92 Å². The summed E-state index contributed by atoms with van der Waals surface area (Å²) in [6.07, 6.45) is 0. The molecule has 0 aliphatic carbocycles. The van der Waals surface area contributed by atoms with E-state index in [9.17, 15) is 13.5 Å². The number of phenols is 1. The molecule has 0 heterocycles. The van der Waals surface area contributed by atoms with Crippen LogP contribution in [0.15, 0.2) is 47.4 Å². The summed E-state index contributed by atoms with van der Waals surface area (Å²) in [7, 11) is -3.69. The van der Waals surface area contributed by atoms with Crippen LogP contribution in [0, 0.1) is 13.8 Å². The largest absolute Gasteiger partial charge is 0.506 e. The number of phenolic OH excluding ortho intramolecular Hbond substituents is 1. The molecule has 0 unspecified atom stereocenters. The lowest BCUT2D eigenvalue weighted by molar-refractivity contribution is 0.477. The first-order valence-electron chi connectivity index (χ1n) is 5.78. The van der Waals surface area contributed by atoms with E-state index in [1.165, 1.54) is 12.1 Å². The Morgan fingerprint density at radius 3 is 2.37 bits per heavy atom. The van der Waals surface area contributed by atoms with Gasteiger partial charge in [-0.3, -0.25) is 4.72 Å². The van der Waals surface area contributed by atoms with Crippen molar-refractivity contribution in [3.63, 3.8) is 0 Å². The lowest BCUT2D eigenvalue weighted by Gasteiger charge is -2.11. The van der Waals surface area contributed by atoms with E-state index in [2.05, 4.69) is 4.72 Å². The van der Waals surface area contributed by atoms with Crippen molar-refractivity contribution in [3.05, 3.63) is 53.6 Å². The van der Waals surface area contributed by atoms with Gasteiger partial charge >= 0.3 is 0 Å². The van der Waals surface area contributed by atoms with Crippen molar-refractivity contribution in [1.82, 2.24) is 0 Å². The molecule has 0 aliphatic rings. The van der Waals surface area contributed by atoms with Gasteiger partial charge in [0.2, 0.25) is 0 Å². The summed E-state index contributed by atoms with van der Waals surface area (Å²) in [5.74, 6) is -0.0860. The maximum absolute atomic E-state index is 12.2. The summed E-state index contributed by atoms with van der Waals surface area (Å²) in [5, 5.41) is 9.74. The van der Waals surface area contributed by atoms with Crippen LogP contribution in [-0.2, 0) is 10.0 Å². The van der Waals surface area contributed by atoms with Gasteiger partial charge in [-0.15, -0.1) is 0 Å². The van der Waals surface area contributed by atoms with E-state index in [4.69, 9.17) is 0 Å². The van der Waals surface area contributed by atoms with Crippen molar-refractivity contribution in [2.45, 2.75) is 18.7 Å². The van der Waals surface area contributed by atoms with Crippen molar-refractivity contribution in [3.8, 4) is 5.75 Å². The lowest BCUT2D eigenvalue weighted by atomic mass is 10.2. The second kappa shape index (κ2) is 4.93. The number of sulfonamides is 1. The van der Waals surface area contributed by atoms with Crippen molar-refractivity contribution < 1.29 is 13.5 Å². The van der Waals surface area contributed by atoms with E-state index in [-0.39, 0.29) is 16.3 Å². The molecule has 0 aromatic heterocycles. The van der Waals surface area contributed by atoms with Gasteiger partial charge in [-0.1, -0.05) is 24.3 Å². The first-order chi connectivity index (χ1) is 8.90. The molecule has 5 heteroatoms. The Labute approximate surface area is 112 Å².